The molecule has 132 valence electrons. The first kappa shape index (κ1) is 17.5. The van der Waals surface area contributed by atoms with Crippen molar-refractivity contribution in [3.63, 3.8) is 0 Å². The van der Waals surface area contributed by atoms with Gasteiger partial charge >= 0.3 is 6.09 Å². The molecule has 1 saturated heterocycles. The van der Waals surface area contributed by atoms with E-state index in [1.54, 1.807) is 30.4 Å². The minimum atomic E-state index is -0.790. The Labute approximate surface area is 149 Å². The van der Waals surface area contributed by atoms with E-state index in [0.717, 1.165) is 5.56 Å². The molecule has 1 amide bonds. The summed E-state index contributed by atoms with van der Waals surface area (Å²) in [5, 5.41) is 2.64. The van der Waals surface area contributed by atoms with E-state index in [1.165, 1.54) is 12.3 Å². The van der Waals surface area contributed by atoms with Gasteiger partial charge in [0.2, 0.25) is 0 Å². The lowest BCUT2D eigenvalue weighted by Gasteiger charge is -2.15. The number of allylic oxidation sites excluding steroid dienone is 2. The predicted octanol–water partition coefficient (Wildman–Crippen LogP) is 4.57. The van der Waals surface area contributed by atoms with Gasteiger partial charge in [0.05, 0.1) is 6.04 Å². The minimum absolute atomic E-state index is 0.194. The lowest BCUT2D eigenvalue weighted by Crippen LogP contribution is -2.25. The Morgan fingerprint density at radius 1 is 1.12 bits per heavy atom. The SMILES string of the molecule is O=C1N[C@H](/C=C/C(=C\N=CF)c2ccccc2)[C@@H](c2ccccc2F)O1. The average Bonchev–Trinajstić information content (AvgIpc) is 3.03. The zero-order chi connectivity index (χ0) is 18.4. The van der Waals surface area contributed by atoms with Crippen LogP contribution in [0, 0.1) is 5.82 Å². The molecular weight excluding hydrogens is 338 g/mol. The van der Waals surface area contributed by atoms with E-state index in [-0.39, 0.29) is 12.0 Å². The summed E-state index contributed by atoms with van der Waals surface area (Å²) in [7, 11) is 0. The fourth-order valence-corrected chi connectivity index (χ4v) is 2.71. The topological polar surface area (TPSA) is 50.7 Å². The summed E-state index contributed by atoms with van der Waals surface area (Å²) in [4.78, 5) is 15.2. The van der Waals surface area contributed by atoms with Crippen LogP contribution in [0.25, 0.3) is 5.57 Å². The molecule has 1 aliphatic rings. The van der Waals surface area contributed by atoms with Crippen molar-refractivity contribution in [2.75, 3.05) is 0 Å². The second kappa shape index (κ2) is 8.20. The van der Waals surface area contributed by atoms with Gasteiger partial charge in [-0.2, -0.15) is 4.39 Å². The number of hydrogen-bond donors (Lipinski definition) is 1. The zero-order valence-corrected chi connectivity index (χ0v) is 13.7. The Hall–Kier alpha value is -3.28. The normalized spacial score (nSPS) is 20.5. The molecule has 26 heavy (non-hydrogen) atoms. The number of cyclic esters (lactones) is 1. The molecule has 4 nitrogen and oxygen atoms in total. The van der Waals surface area contributed by atoms with E-state index in [2.05, 4.69) is 10.3 Å². The van der Waals surface area contributed by atoms with E-state index >= 15 is 0 Å². The van der Waals surface area contributed by atoms with Crippen LogP contribution < -0.4 is 5.32 Å². The number of amides is 1. The number of carbonyl (C=O) groups excluding carboxylic acids is 1. The van der Waals surface area contributed by atoms with Crippen LogP contribution in [0.4, 0.5) is 13.6 Å². The number of alkyl carbamates (subject to hydrolysis) is 1. The van der Waals surface area contributed by atoms with Gasteiger partial charge in [0.15, 0.2) is 12.6 Å². The van der Waals surface area contributed by atoms with Gasteiger partial charge in [-0.25, -0.2) is 14.2 Å². The Balaban J connectivity index is 1.89. The van der Waals surface area contributed by atoms with E-state index < -0.39 is 24.1 Å². The van der Waals surface area contributed by atoms with Crippen LogP contribution in [0.5, 0.6) is 0 Å². The van der Waals surface area contributed by atoms with Crippen LogP contribution in [0.2, 0.25) is 0 Å². The van der Waals surface area contributed by atoms with Crippen molar-refractivity contribution in [1.82, 2.24) is 5.32 Å². The monoisotopic (exact) mass is 354 g/mol. The highest BCUT2D eigenvalue weighted by Crippen LogP contribution is 2.29. The van der Waals surface area contributed by atoms with Crippen LogP contribution >= 0.6 is 0 Å². The zero-order valence-electron chi connectivity index (χ0n) is 13.7. The Bertz CT molecular complexity index is 863. The van der Waals surface area contributed by atoms with Crippen LogP contribution in [-0.2, 0) is 4.74 Å². The number of ether oxygens (including phenoxy) is 1. The summed E-state index contributed by atoms with van der Waals surface area (Å²) < 4.78 is 31.6. The van der Waals surface area contributed by atoms with E-state index in [0.29, 0.717) is 5.57 Å². The number of hydrogen-bond acceptors (Lipinski definition) is 3. The Kier molecular flexibility index (Phi) is 5.53. The van der Waals surface area contributed by atoms with Gasteiger partial charge in [-0.1, -0.05) is 60.7 Å². The molecule has 6 heteroatoms. The van der Waals surface area contributed by atoms with E-state index in [4.69, 9.17) is 4.74 Å². The molecule has 0 spiro atoms. The highest BCUT2D eigenvalue weighted by molar-refractivity contribution is 5.76. The molecule has 1 N–H and O–H groups in total. The smallest absolute Gasteiger partial charge is 0.408 e. The maximum atomic E-state index is 14.1. The van der Waals surface area contributed by atoms with Gasteiger partial charge < -0.3 is 10.1 Å². The average molecular weight is 354 g/mol. The Morgan fingerprint density at radius 3 is 2.58 bits per heavy atom. The molecule has 1 aliphatic heterocycles. The lowest BCUT2D eigenvalue weighted by molar-refractivity contribution is 0.134. The first-order chi connectivity index (χ1) is 12.7. The lowest BCUT2D eigenvalue weighted by atomic mass is 10.00. The first-order valence-electron chi connectivity index (χ1n) is 7.96. The molecule has 2 aromatic carbocycles. The van der Waals surface area contributed by atoms with Crippen LogP contribution in [0.1, 0.15) is 17.2 Å². The maximum absolute atomic E-state index is 14.1. The quantitative estimate of drug-likeness (QED) is 0.632. The second-order valence-corrected chi connectivity index (χ2v) is 5.57. The third-order valence-electron chi connectivity index (χ3n) is 3.92. The summed E-state index contributed by atoms with van der Waals surface area (Å²) in [6, 6.07) is 14.8. The molecule has 1 fully saturated rings. The number of nitrogens with one attached hydrogen (secondary N) is 1. The van der Waals surface area contributed by atoms with Gasteiger partial charge in [0.25, 0.3) is 0 Å². The van der Waals surface area contributed by atoms with Gasteiger partial charge in [0.1, 0.15) is 5.82 Å². The number of nitrogens with zero attached hydrogens (tertiary/aromatic N) is 1. The van der Waals surface area contributed by atoms with E-state index in [9.17, 15) is 13.6 Å². The highest BCUT2D eigenvalue weighted by Gasteiger charge is 2.35. The predicted molar refractivity (Wildman–Crippen MR) is 95.7 cm³/mol. The molecule has 3 rings (SSSR count). The molecule has 0 saturated carbocycles. The molecule has 0 bridgehead atoms. The number of benzene rings is 2. The maximum Gasteiger partial charge on any atom is 0.408 e. The van der Waals surface area contributed by atoms with Crippen molar-refractivity contribution < 1.29 is 18.3 Å². The number of carbonyl (C=O) groups is 1. The first-order valence-corrected chi connectivity index (χ1v) is 7.96. The summed E-state index contributed by atoms with van der Waals surface area (Å²) in [5.74, 6) is -0.451. The van der Waals surface area contributed by atoms with Gasteiger partial charge in [0, 0.05) is 11.8 Å². The summed E-state index contributed by atoms with van der Waals surface area (Å²) in [6.45, 7) is 0.194. The fraction of sp³-hybridized carbons (Fsp3) is 0.100. The van der Waals surface area contributed by atoms with Crippen molar-refractivity contribution in [3.05, 3.63) is 89.9 Å². The number of halogens is 2. The molecule has 2 aromatic rings. The van der Waals surface area contributed by atoms with Crippen LogP contribution in [0.15, 0.2) is 77.9 Å². The van der Waals surface area contributed by atoms with Gasteiger partial charge in [-0.15, -0.1) is 0 Å². The molecule has 0 radical (unpaired) electrons. The summed E-state index contributed by atoms with van der Waals surface area (Å²) in [5.41, 5.74) is 1.74. The molecule has 1 heterocycles. The van der Waals surface area contributed by atoms with Crippen molar-refractivity contribution >= 4 is 18.1 Å². The molecule has 0 aromatic heterocycles. The molecule has 0 unspecified atom stereocenters. The van der Waals surface area contributed by atoms with Gasteiger partial charge in [-0.05, 0) is 17.2 Å². The van der Waals surface area contributed by atoms with Crippen LogP contribution in [0.3, 0.4) is 0 Å². The van der Waals surface area contributed by atoms with Crippen molar-refractivity contribution in [2.24, 2.45) is 4.99 Å². The summed E-state index contributed by atoms with van der Waals surface area (Å²) >= 11 is 0. The second-order valence-electron chi connectivity index (χ2n) is 5.57. The number of rotatable bonds is 5. The molecule has 2 atom stereocenters. The molecular formula is C20H16F2N2O2. The largest absolute Gasteiger partial charge is 0.439 e. The highest BCUT2D eigenvalue weighted by atomic mass is 19.1. The van der Waals surface area contributed by atoms with Gasteiger partial charge in [-0.3, -0.25) is 0 Å². The fourth-order valence-electron chi connectivity index (χ4n) is 2.71. The van der Waals surface area contributed by atoms with Crippen molar-refractivity contribution in [3.8, 4) is 0 Å². The van der Waals surface area contributed by atoms with E-state index in [1.807, 2.05) is 30.3 Å². The minimum Gasteiger partial charge on any atom is -0.439 e. The third-order valence-corrected chi connectivity index (χ3v) is 3.92. The number of aliphatic imine (C=N–C) groups is 1. The summed E-state index contributed by atoms with van der Waals surface area (Å²) in [6.07, 6.45) is 3.31. The Morgan fingerprint density at radius 2 is 1.85 bits per heavy atom. The van der Waals surface area contributed by atoms with Crippen LogP contribution in [-0.4, -0.2) is 18.6 Å². The standard InChI is InChI=1S/C20H16F2N2O2/c21-13-23-12-15(14-6-2-1-3-7-14)10-11-18-19(26-20(25)24-18)16-8-4-5-9-17(16)22/h1-13,18-19H,(H,24,25)/b11-10+,15-12+,23-13?/t18-,19-/m1/s1. The molecule has 0 aliphatic carbocycles. The van der Waals surface area contributed by atoms with Crippen molar-refractivity contribution in [1.29, 1.82) is 0 Å². The van der Waals surface area contributed by atoms with Crippen molar-refractivity contribution in [2.45, 2.75) is 12.1 Å². The third kappa shape index (κ3) is 4.03.